The number of nitrogens with two attached hydrogens (primary N) is 1. The summed E-state index contributed by atoms with van der Waals surface area (Å²) in [5.41, 5.74) is 7.89. The topological polar surface area (TPSA) is 118 Å². The predicted molar refractivity (Wildman–Crippen MR) is 132 cm³/mol. The molecule has 1 aromatic carbocycles. The molecule has 3 heterocycles. The number of anilines is 1. The van der Waals surface area contributed by atoms with E-state index in [1.807, 2.05) is 35.7 Å². The van der Waals surface area contributed by atoms with Crippen LogP contribution in [0.15, 0.2) is 40.5 Å². The van der Waals surface area contributed by atoms with Gasteiger partial charge < -0.3 is 21.1 Å². The van der Waals surface area contributed by atoms with Gasteiger partial charge in [-0.25, -0.2) is 9.78 Å². The number of carbonyl (C=O) groups excluding carboxylic acids is 1. The lowest BCUT2D eigenvalue weighted by molar-refractivity contribution is 0.0719. The maximum absolute atomic E-state index is 14.0. The first-order valence-corrected chi connectivity index (χ1v) is 12.7. The summed E-state index contributed by atoms with van der Waals surface area (Å²) in [4.78, 5) is 34.1. The molecule has 2 aromatic heterocycles. The van der Waals surface area contributed by atoms with E-state index < -0.39 is 6.10 Å². The summed E-state index contributed by atoms with van der Waals surface area (Å²) in [6, 6.07) is 9.17. The van der Waals surface area contributed by atoms with E-state index >= 15 is 0 Å². The summed E-state index contributed by atoms with van der Waals surface area (Å²) in [6.07, 6.45) is 2.55. The molecule has 10 heteroatoms. The Hall–Kier alpha value is -2.95. The average Bonchev–Trinajstić information content (AvgIpc) is 3.40. The quantitative estimate of drug-likeness (QED) is 0.511. The Morgan fingerprint density at radius 2 is 1.91 bits per heavy atom. The Balaban J connectivity index is 1.74. The molecular formula is C24H30N6O3S. The van der Waals surface area contributed by atoms with Crippen molar-refractivity contribution in [3.05, 3.63) is 57.6 Å². The van der Waals surface area contributed by atoms with Crippen LogP contribution < -0.4 is 16.7 Å². The van der Waals surface area contributed by atoms with Crippen molar-refractivity contribution in [1.29, 1.82) is 0 Å². The Kier molecular flexibility index (Phi) is 6.53. The van der Waals surface area contributed by atoms with Gasteiger partial charge in [0.05, 0.1) is 30.1 Å². The number of aromatic nitrogens is 3. The zero-order valence-electron chi connectivity index (χ0n) is 19.0. The van der Waals surface area contributed by atoms with Crippen LogP contribution in [0.4, 0.5) is 5.13 Å². The Morgan fingerprint density at radius 1 is 1.18 bits per heavy atom. The molecule has 1 saturated heterocycles. The van der Waals surface area contributed by atoms with Crippen LogP contribution in [-0.4, -0.2) is 62.3 Å². The standard InChI is InChI=1S/C24H30N6O3S/c25-23-27-17(15-34-23)14-29-21(22(32)28-12-10-26-11-13-28)20(16-6-2-1-3-7-16)30(24(29)33)18-8-4-5-9-19(18)31/h1-3,6-7,15,18-19,26,31H,4-5,8-14H2,(H2,25,27)/t18?,19-/m1/s1. The van der Waals surface area contributed by atoms with Crippen molar-refractivity contribution in [3.63, 3.8) is 0 Å². The largest absolute Gasteiger partial charge is 0.391 e. The molecule has 1 aliphatic heterocycles. The molecule has 4 N–H and O–H groups in total. The zero-order chi connectivity index (χ0) is 23.7. The molecule has 34 heavy (non-hydrogen) atoms. The van der Waals surface area contributed by atoms with Crippen LogP contribution in [0.25, 0.3) is 11.3 Å². The van der Waals surface area contributed by atoms with Crippen LogP contribution >= 0.6 is 11.3 Å². The first-order chi connectivity index (χ1) is 16.5. The first-order valence-electron chi connectivity index (χ1n) is 11.8. The number of nitrogens with one attached hydrogen (secondary N) is 1. The molecule has 1 amide bonds. The lowest BCUT2D eigenvalue weighted by Gasteiger charge is -2.30. The second-order valence-electron chi connectivity index (χ2n) is 8.94. The lowest BCUT2D eigenvalue weighted by Crippen LogP contribution is -2.47. The number of aliphatic hydroxyl groups is 1. The third-order valence-corrected chi connectivity index (χ3v) is 7.46. The fourth-order valence-electron chi connectivity index (χ4n) is 5.07. The van der Waals surface area contributed by atoms with Crippen LogP contribution in [-0.2, 0) is 6.54 Å². The average molecular weight is 483 g/mol. The van der Waals surface area contributed by atoms with E-state index in [9.17, 15) is 14.7 Å². The highest BCUT2D eigenvalue weighted by Crippen LogP contribution is 2.34. The number of hydrogen-bond donors (Lipinski definition) is 3. The van der Waals surface area contributed by atoms with Crippen LogP contribution in [0.3, 0.4) is 0 Å². The number of nitrogens with zero attached hydrogens (tertiary/aromatic N) is 4. The van der Waals surface area contributed by atoms with Crippen molar-refractivity contribution in [3.8, 4) is 11.3 Å². The number of piperazine rings is 1. The van der Waals surface area contributed by atoms with Gasteiger partial charge in [-0.3, -0.25) is 13.9 Å². The van der Waals surface area contributed by atoms with Gasteiger partial charge >= 0.3 is 5.69 Å². The lowest BCUT2D eigenvalue weighted by atomic mass is 9.92. The maximum atomic E-state index is 14.0. The molecule has 2 aliphatic rings. The third kappa shape index (κ3) is 4.28. The maximum Gasteiger partial charge on any atom is 0.330 e. The highest BCUT2D eigenvalue weighted by atomic mass is 32.1. The fraction of sp³-hybridized carbons (Fsp3) is 0.458. The molecule has 2 fully saturated rings. The molecule has 2 atom stereocenters. The number of benzene rings is 1. The van der Waals surface area contributed by atoms with E-state index in [0.717, 1.165) is 18.4 Å². The van der Waals surface area contributed by atoms with Gasteiger partial charge in [0.2, 0.25) is 0 Å². The second-order valence-corrected chi connectivity index (χ2v) is 9.83. The van der Waals surface area contributed by atoms with Crippen LogP contribution in [0.5, 0.6) is 0 Å². The normalized spacial score (nSPS) is 21.0. The Labute approximate surface area is 201 Å². The smallest absolute Gasteiger partial charge is 0.330 e. The third-order valence-electron chi connectivity index (χ3n) is 6.74. The molecular weight excluding hydrogens is 452 g/mol. The molecule has 5 rings (SSSR count). The van der Waals surface area contributed by atoms with Crippen molar-refractivity contribution in [2.24, 2.45) is 0 Å². The van der Waals surface area contributed by atoms with Crippen molar-refractivity contribution in [1.82, 2.24) is 24.3 Å². The molecule has 0 radical (unpaired) electrons. The molecule has 9 nitrogen and oxygen atoms in total. The first kappa shape index (κ1) is 22.8. The van der Waals surface area contributed by atoms with E-state index in [4.69, 9.17) is 5.73 Å². The molecule has 3 aromatic rings. The Morgan fingerprint density at radius 3 is 2.59 bits per heavy atom. The minimum absolute atomic E-state index is 0.148. The van der Waals surface area contributed by atoms with E-state index in [1.54, 1.807) is 9.47 Å². The number of amides is 1. The van der Waals surface area contributed by atoms with Crippen molar-refractivity contribution >= 4 is 22.4 Å². The molecule has 1 saturated carbocycles. The highest BCUT2D eigenvalue weighted by molar-refractivity contribution is 7.13. The van der Waals surface area contributed by atoms with Gasteiger partial charge in [-0.05, 0) is 12.8 Å². The van der Waals surface area contributed by atoms with E-state index in [-0.39, 0.29) is 24.2 Å². The number of hydrogen-bond acceptors (Lipinski definition) is 7. The SMILES string of the molecule is Nc1nc(Cn2c(C(=O)N3CCNCC3)c(-c3ccccc3)n(C3CCCC[C@H]3O)c2=O)cs1. The number of carbonyl (C=O) groups is 1. The van der Waals surface area contributed by atoms with Gasteiger partial charge in [0.1, 0.15) is 5.69 Å². The molecule has 180 valence electrons. The number of aliphatic hydroxyl groups excluding tert-OH is 1. The summed E-state index contributed by atoms with van der Waals surface area (Å²) in [7, 11) is 0. The highest BCUT2D eigenvalue weighted by Gasteiger charge is 2.35. The van der Waals surface area contributed by atoms with Crippen molar-refractivity contribution < 1.29 is 9.90 Å². The molecule has 1 aliphatic carbocycles. The molecule has 0 bridgehead atoms. The minimum Gasteiger partial charge on any atom is -0.391 e. The van der Waals surface area contributed by atoms with Gasteiger partial charge in [-0.1, -0.05) is 43.2 Å². The molecule has 1 unspecified atom stereocenters. The number of imidazole rings is 1. The summed E-state index contributed by atoms with van der Waals surface area (Å²) in [6.45, 7) is 2.71. The number of thiazole rings is 1. The second kappa shape index (κ2) is 9.73. The minimum atomic E-state index is -0.637. The van der Waals surface area contributed by atoms with Crippen LogP contribution in [0.1, 0.15) is 47.9 Å². The fourth-order valence-corrected chi connectivity index (χ4v) is 5.63. The van der Waals surface area contributed by atoms with E-state index in [1.165, 1.54) is 15.9 Å². The summed E-state index contributed by atoms with van der Waals surface area (Å²) < 4.78 is 3.20. The van der Waals surface area contributed by atoms with Gasteiger partial charge in [-0.15, -0.1) is 11.3 Å². The van der Waals surface area contributed by atoms with Gasteiger partial charge in [-0.2, -0.15) is 0 Å². The summed E-state index contributed by atoms with van der Waals surface area (Å²) >= 11 is 1.31. The van der Waals surface area contributed by atoms with E-state index in [0.29, 0.717) is 61.2 Å². The van der Waals surface area contributed by atoms with Crippen molar-refractivity contribution in [2.45, 2.75) is 44.4 Å². The van der Waals surface area contributed by atoms with Gasteiger partial charge in [0.25, 0.3) is 5.91 Å². The summed E-state index contributed by atoms with van der Waals surface area (Å²) in [5.74, 6) is -0.176. The van der Waals surface area contributed by atoms with E-state index in [2.05, 4.69) is 10.3 Å². The van der Waals surface area contributed by atoms with Crippen LogP contribution in [0, 0.1) is 0 Å². The number of nitrogen functional groups attached to an aromatic ring is 1. The molecule has 0 spiro atoms. The van der Waals surface area contributed by atoms with Gasteiger partial charge in [0, 0.05) is 37.1 Å². The van der Waals surface area contributed by atoms with Gasteiger partial charge in [0.15, 0.2) is 5.13 Å². The number of rotatable bonds is 5. The van der Waals surface area contributed by atoms with Crippen LogP contribution in [0.2, 0.25) is 0 Å². The van der Waals surface area contributed by atoms with Crippen molar-refractivity contribution in [2.75, 3.05) is 31.9 Å². The Bertz CT molecular complexity index is 1210. The zero-order valence-corrected chi connectivity index (χ0v) is 19.8. The predicted octanol–water partition coefficient (Wildman–Crippen LogP) is 1.93. The summed E-state index contributed by atoms with van der Waals surface area (Å²) in [5, 5.41) is 16.4. The monoisotopic (exact) mass is 482 g/mol.